The lowest BCUT2D eigenvalue weighted by Crippen LogP contribution is -2.28. The molecule has 1 heterocycles. The number of ether oxygens (including phenoxy) is 1. The van der Waals surface area contributed by atoms with Gasteiger partial charge in [-0.1, -0.05) is 29.3 Å². The van der Waals surface area contributed by atoms with E-state index >= 15 is 0 Å². The maximum absolute atomic E-state index is 13.2. The maximum Gasteiger partial charge on any atom is 0.422 e. The van der Waals surface area contributed by atoms with E-state index in [0.29, 0.717) is 22.8 Å². The summed E-state index contributed by atoms with van der Waals surface area (Å²) in [6.45, 7) is -2.22. The highest BCUT2D eigenvalue weighted by molar-refractivity contribution is 6.35. The normalized spacial score (nSPS) is 12.0. The van der Waals surface area contributed by atoms with Crippen LogP contribution in [-0.2, 0) is 12.7 Å². The summed E-state index contributed by atoms with van der Waals surface area (Å²) < 4.78 is 81.0. The minimum Gasteiger partial charge on any atom is -0.467 e. The van der Waals surface area contributed by atoms with Crippen molar-refractivity contribution in [1.29, 1.82) is 0 Å². The summed E-state index contributed by atoms with van der Waals surface area (Å²) in [5, 5.41) is 2.60. The molecule has 1 amide bonds. The highest BCUT2D eigenvalue weighted by Crippen LogP contribution is 2.35. The van der Waals surface area contributed by atoms with Crippen LogP contribution in [0, 0.1) is 0 Å². The van der Waals surface area contributed by atoms with Gasteiger partial charge in [-0.15, -0.1) is 0 Å². The molecule has 0 aliphatic heterocycles. The van der Waals surface area contributed by atoms with E-state index in [-0.39, 0.29) is 11.6 Å². The number of rotatable bonds is 5. The van der Waals surface area contributed by atoms with E-state index in [9.17, 15) is 31.1 Å². The van der Waals surface area contributed by atoms with E-state index in [1.807, 2.05) is 0 Å². The SMILES string of the molecule is O=C(NCc1ccc(Cl)cc1Cl)c1c(C(F)(F)F)ccnc1OCC(F)(F)F. The molecule has 28 heavy (non-hydrogen) atoms. The average molecular weight is 447 g/mol. The van der Waals surface area contributed by atoms with Gasteiger partial charge >= 0.3 is 12.4 Å². The number of pyridine rings is 1. The lowest BCUT2D eigenvalue weighted by molar-refractivity contribution is -0.154. The summed E-state index contributed by atoms with van der Waals surface area (Å²) in [6, 6.07) is 4.69. The molecule has 0 saturated heterocycles. The maximum atomic E-state index is 13.2. The Bertz CT molecular complexity index is 871. The lowest BCUT2D eigenvalue weighted by atomic mass is 10.1. The van der Waals surface area contributed by atoms with Gasteiger partial charge in [-0.2, -0.15) is 26.3 Å². The van der Waals surface area contributed by atoms with Crippen molar-refractivity contribution in [3.63, 3.8) is 0 Å². The molecule has 0 saturated carbocycles. The molecule has 12 heteroatoms. The van der Waals surface area contributed by atoms with E-state index in [4.69, 9.17) is 23.2 Å². The number of alkyl halides is 6. The van der Waals surface area contributed by atoms with Gasteiger partial charge in [-0.3, -0.25) is 4.79 Å². The van der Waals surface area contributed by atoms with Gasteiger partial charge in [0.2, 0.25) is 5.88 Å². The van der Waals surface area contributed by atoms with Crippen molar-refractivity contribution in [3.05, 3.63) is 57.2 Å². The van der Waals surface area contributed by atoms with Crippen molar-refractivity contribution in [2.75, 3.05) is 6.61 Å². The Kier molecular flexibility index (Phi) is 6.66. The number of carbonyl (C=O) groups is 1. The van der Waals surface area contributed by atoms with Gasteiger partial charge in [0.05, 0.1) is 5.56 Å². The van der Waals surface area contributed by atoms with E-state index in [1.165, 1.54) is 18.2 Å². The molecule has 152 valence electrons. The fourth-order valence-electron chi connectivity index (χ4n) is 2.09. The number of hydrogen-bond acceptors (Lipinski definition) is 3. The summed E-state index contributed by atoms with van der Waals surface area (Å²) in [5.74, 6) is -2.42. The minimum atomic E-state index is -5.02. The standard InChI is InChI=1S/C16H10Cl2F6N2O2/c17-9-2-1-8(11(18)5-9)6-26-13(27)12-10(16(22,23)24)3-4-25-14(12)28-7-15(19,20)21/h1-5H,6-7H2,(H,26,27). The number of halogens is 8. The van der Waals surface area contributed by atoms with E-state index < -0.39 is 41.9 Å². The van der Waals surface area contributed by atoms with Crippen LogP contribution in [0.1, 0.15) is 21.5 Å². The second kappa shape index (κ2) is 8.44. The molecule has 1 aromatic carbocycles. The van der Waals surface area contributed by atoms with Gasteiger partial charge in [0.15, 0.2) is 6.61 Å². The summed E-state index contributed by atoms with van der Waals surface area (Å²) >= 11 is 11.6. The van der Waals surface area contributed by atoms with E-state index in [0.717, 1.165) is 0 Å². The Balaban J connectivity index is 2.33. The van der Waals surface area contributed by atoms with Crippen LogP contribution in [-0.4, -0.2) is 23.7 Å². The molecule has 0 spiro atoms. The van der Waals surface area contributed by atoms with Crippen molar-refractivity contribution in [3.8, 4) is 5.88 Å². The molecule has 1 N–H and O–H groups in total. The number of carbonyl (C=O) groups excluding carboxylic acids is 1. The van der Waals surface area contributed by atoms with Gasteiger partial charge in [0, 0.05) is 22.8 Å². The highest BCUT2D eigenvalue weighted by atomic mass is 35.5. The van der Waals surface area contributed by atoms with Crippen molar-refractivity contribution in [2.24, 2.45) is 0 Å². The fraction of sp³-hybridized carbons (Fsp3) is 0.250. The molecule has 0 bridgehead atoms. The van der Waals surface area contributed by atoms with E-state index in [1.54, 1.807) is 0 Å². The molecule has 0 radical (unpaired) electrons. The monoisotopic (exact) mass is 446 g/mol. The molecular formula is C16H10Cl2F6N2O2. The third-order valence-electron chi connectivity index (χ3n) is 3.28. The van der Waals surface area contributed by atoms with Gasteiger partial charge < -0.3 is 10.1 Å². The zero-order valence-electron chi connectivity index (χ0n) is 13.6. The van der Waals surface area contributed by atoms with E-state index in [2.05, 4.69) is 15.0 Å². The summed E-state index contributed by atoms with van der Waals surface area (Å²) in [6.07, 6.45) is -9.26. The minimum absolute atomic E-state index is 0.142. The zero-order chi connectivity index (χ0) is 21.1. The smallest absolute Gasteiger partial charge is 0.422 e. The third-order valence-corrected chi connectivity index (χ3v) is 3.86. The third kappa shape index (κ3) is 5.90. The molecule has 0 atom stereocenters. The van der Waals surface area contributed by atoms with Crippen molar-refractivity contribution in [1.82, 2.24) is 10.3 Å². The number of aromatic nitrogens is 1. The van der Waals surface area contributed by atoms with Crippen molar-refractivity contribution in [2.45, 2.75) is 18.9 Å². The first-order valence-electron chi connectivity index (χ1n) is 7.36. The first-order chi connectivity index (χ1) is 12.9. The molecule has 2 aromatic rings. The molecule has 4 nitrogen and oxygen atoms in total. The Hall–Kier alpha value is -2.20. The molecule has 0 fully saturated rings. The number of nitrogens with one attached hydrogen (secondary N) is 1. The van der Waals surface area contributed by atoms with Crippen molar-refractivity contribution >= 4 is 29.1 Å². The Morgan fingerprint density at radius 2 is 1.79 bits per heavy atom. The molecule has 2 rings (SSSR count). The van der Waals surface area contributed by atoms with Crippen LogP contribution in [0.3, 0.4) is 0 Å². The number of hydrogen-bond donors (Lipinski definition) is 1. The molecule has 1 aromatic heterocycles. The molecule has 0 aliphatic carbocycles. The topological polar surface area (TPSA) is 51.2 Å². The van der Waals surface area contributed by atoms with Crippen LogP contribution in [0.5, 0.6) is 5.88 Å². The van der Waals surface area contributed by atoms with Crippen LogP contribution >= 0.6 is 23.2 Å². The predicted octanol–water partition coefficient (Wildman–Crippen LogP) is 5.28. The average Bonchev–Trinajstić information content (AvgIpc) is 2.57. The highest BCUT2D eigenvalue weighted by Gasteiger charge is 2.38. The quantitative estimate of drug-likeness (QED) is 0.635. The van der Waals surface area contributed by atoms with Gasteiger partial charge in [0.1, 0.15) is 5.56 Å². The van der Waals surface area contributed by atoms with Crippen LogP contribution in [0.4, 0.5) is 26.3 Å². The first kappa shape index (κ1) is 22.1. The van der Waals surface area contributed by atoms with Gasteiger partial charge in [0.25, 0.3) is 5.91 Å². The summed E-state index contributed by atoms with van der Waals surface area (Å²) in [4.78, 5) is 15.7. The Morgan fingerprint density at radius 3 is 2.36 bits per heavy atom. The number of amides is 1. The predicted molar refractivity (Wildman–Crippen MR) is 88.4 cm³/mol. The zero-order valence-corrected chi connectivity index (χ0v) is 15.1. The molecular weight excluding hydrogens is 437 g/mol. The molecule has 0 aliphatic rings. The van der Waals surface area contributed by atoms with Crippen LogP contribution in [0.2, 0.25) is 10.0 Å². The van der Waals surface area contributed by atoms with Crippen LogP contribution in [0.15, 0.2) is 30.5 Å². The summed E-state index contributed by atoms with van der Waals surface area (Å²) in [5.41, 5.74) is -2.32. The lowest BCUT2D eigenvalue weighted by Gasteiger charge is -2.17. The summed E-state index contributed by atoms with van der Waals surface area (Å²) in [7, 11) is 0. The van der Waals surface area contributed by atoms with Crippen LogP contribution in [0.25, 0.3) is 0 Å². The van der Waals surface area contributed by atoms with Gasteiger partial charge in [-0.25, -0.2) is 4.98 Å². The second-order valence-corrected chi connectivity index (χ2v) is 6.20. The molecule has 0 unspecified atom stereocenters. The Labute approximate surface area is 164 Å². The van der Waals surface area contributed by atoms with Crippen LogP contribution < -0.4 is 10.1 Å². The first-order valence-corrected chi connectivity index (χ1v) is 8.12. The fourth-order valence-corrected chi connectivity index (χ4v) is 2.56. The van der Waals surface area contributed by atoms with Crippen molar-refractivity contribution < 1.29 is 35.9 Å². The second-order valence-electron chi connectivity index (χ2n) is 5.36. The van der Waals surface area contributed by atoms with Gasteiger partial charge in [-0.05, 0) is 23.8 Å². The largest absolute Gasteiger partial charge is 0.467 e. The Morgan fingerprint density at radius 1 is 1.11 bits per heavy atom. The number of nitrogens with zero attached hydrogens (tertiary/aromatic N) is 1. The number of benzene rings is 1.